The summed E-state index contributed by atoms with van der Waals surface area (Å²) in [7, 11) is 0. The highest BCUT2D eigenvalue weighted by Crippen LogP contribution is 2.37. The Kier molecular flexibility index (Phi) is 3.59. The summed E-state index contributed by atoms with van der Waals surface area (Å²) in [5, 5.41) is 6.38. The SMILES string of the molecule is O=C(NCc1ccc(Cl)s1)C1NCC2CCCC21. The molecular weight excluding hydrogens is 268 g/mol. The highest BCUT2D eigenvalue weighted by molar-refractivity contribution is 7.16. The molecule has 3 unspecified atom stereocenters. The molecule has 0 bridgehead atoms. The average Bonchev–Trinajstić information content (AvgIpc) is 3.01. The van der Waals surface area contributed by atoms with E-state index in [0.717, 1.165) is 21.7 Å². The summed E-state index contributed by atoms with van der Waals surface area (Å²) in [4.78, 5) is 13.3. The van der Waals surface area contributed by atoms with Gasteiger partial charge in [0.05, 0.1) is 16.9 Å². The van der Waals surface area contributed by atoms with Crippen molar-refractivity contribution in [3.63, 3.8) is 0 Å². The third-order valence-corrected chi connectivity index (χ3v) is 5.33. The van der Waals surface area contributed by atoms with Crippen LogP contribution in [-0.4, -0.2) is 18.5 Å². The lowest BCUT2D eigenvalue weighted by Gasteiger charge is -2.17. The van der Waals surface area contributed by atoms with E-state index in [1.807, 2.05) is 12.1 Å². The second-order valence-corrected chi connectivity index (χ2v) is 6.96. The fraction of sp³-hybridized carbons (Fsp3) is 0.615. The molecule has 3 nitrogen and oxygen atoms in total. The van der Waals surface area contributed by atoms with Crippen LogP contribution < -0.4 is 10.6 Å². The summed E-state index contributed by atoms with van der Waals surface area (Å²) < 4.78 is 0.772. The first kappa shape index (κ1) is 12.5. The number of carbonyl (C=O) groups is 1. The Bertz CT molecular complexity index is 448. The summed E-state index contributed by atoms with van der Waals surface area (Å²) in [5.74, 6) is 1.42. The maximum absolute atomic E-state index is 12.2. The molecule has 1 saturated heterocycles. The standard InChI is InChI=1S/C13H17ClN2OS/c14-11-5-4-9(18-11)7-16-13(17)12-10-3-1-2-8(10)6-15-12/h4-5,8,10,12,15H,1-3,6-7H2,(H,16,17). The zero-order chi connectivity index (χ0) is 12.5. The summed E-state index contributed by atoms with van der Waals surface area (Å²) >= 11 is 7.39. The van der Waals surface area contributed by atoms with Gasteiger partial charge in [-0.15, -0.1) is 11.3 Å². The van der Waals surface area contributed by atoms with E-state index in [2.05, 4.69) is 10.6 Å². The number of amides is 1. The number of carbonyl (C=O) groups excluding carboxylic acids is 1. The molecule has 3 rings (SSSR count). The van der Waals surface area contributed by atoms with E-state index in [1.54, 1.807) is 0 Å². The molecule has 98 valence electrons. The second kappa shape index (κ2) is 5.19. The van der Waals surface area contributed by atoms with Gasteiger partial charge in [0.2, 0.25) is 5.91 Å². The molecular formula is C13H17ClN2OS. The number of thiophene rings is 1. The number of rotatable bonds is 3. The molecule has 2 aliphatic rings. The van der Waals surface area contributed by atoms with Crippen molar-refractivity contribution in [1.29, 1.82) is 0 Å². The Hall–Kier alpha value is -0.580. The Labute approximate surface area is 116 Å². The maximum atomic E-state index is 12.2. The lowest BCUT2D eigenvalue weighted by Crippen LogP contribution is -2.43. The fourth-order valence-electron chi connectivity index (χ4n) is 3.21. The fourth-order valence-corrected chi connectivity index (χ4v) is 4.23. The van der Waals surface area contributed by atoms with Gasteiger partial charge in [0, 0.05) is 4.88 Å². The van der Waals surface area contributed by atoms with Crippen LogP contribution >= 0.6 is 22.9 Å². The van der Waals surface area contributed by atoms with Crippen LogP contribution in [0.4, 0.5) is 0 Å². The summed E-state index contributed by atoms with van der Waals surface area (Å²) in [5.41, 5.74) is 0. The summed E-state index contributed by atoms with van der Waals surface area (Å²) in [6.07, 6.45) is 3.75. The summed E-state index contributed by atoms with van der Waals surface area (Å²) in [6, 6.07) is 3.86. The van der Waals surface area contributed by atoms with E-state index < -0.39 is 0 Å². The van der Waals surface area contributed by atoms with Crippen molar-refractivity contribution in [2.45, 2.75) is 31.8 Å². The lowest BCUT2D eigenvalue weighted by molar-refractivity contribution is -0.123. The second-order valence-electron chi connectivity index (χ2n) is 5.16. The van der Waals surface area contributed by atoms with Gasteiger partial charge in [-0.2, -0.15) is 0 Å². The van der Waals surface area contributed by atoms with Crippen molar-refractivity contribution in [1.82, 2.24) is 10.6 Å². The molecule has 18 heavy (non-hydrogen) atoms. The van der Waals surface area contributed by atoms with Crippen LogP contribution in [0.15, 0.2) is 12.1 Å². The van der Waals surface area contributed by atoms with Crippen LogP contribution in [0, 0.1) is 11.8 Å². The molecule has 0 aromatic carbocycles. The topological polar surface area (TPSA) is 41.1 Å². The molecule has 1 aromatic heterocycles. The van der Waals surface area contributed by atoms with Gasteiger partial charge in [0.15, 0.2) is 0 Å². The Balaban J connectivity index is 1.55. The van der Waals surface area contributed by atoms with Gasteiger partial charge in [0.25, 0.3) is 0 Å². The van der Waals surface area contributed by atoms with Crippen molar-refractivity contribution in [3.8, 4) is 0 Å². The van der Waals surface area contributed by atoms with Gasteiger partial charge in [-0.05, 0) is 43.4 Å². The monoisotopic (exact) mass is 284 g/mol. The molecule has 1 amide bonds. The first-order valence-electron chi connectivity index (χ1n) is 6.49. The first-order chi connectivity index (χ1) is 8.74. The molecule has 0 spiro atoms. The minimum absolute atomic E-state index is 0.0212. The molecule has 1 aliphatic carbocycles. The molecule has 2 N–H and O–H groups in total. The third kappa shape index (κ3) is 2.42. The molecule has 1 saturated carbocycles. The van der Waals surface area contributed by atoms with Gasteiger partial charge in [-0.1, -0.05) is 18.0 Å². The van der Waals surface area contributed by atoms with Crippen LogP contribution in [0.2, 0.25) is 4.34 Å². The average molecular weight is 285 g/mol. The van der Waals surface area contributed by atoms with Gasteiger partial charge in [-0.25, -0.2) is 0 Å². The zero-order valence-electron chi connectivity index (χ0n) is 10.1. The zero-order valence-corrected chi connectivity index (χ0v) is 11.7. The molecule has 1 aliphatic heterocycles. The van der Waals surface area contributed by atoms with Crippen molar-refractivity contribution < 1.29 is 4.79 Å². The van der Waals surface area contributed by atoms with E-state index in [0.29, 0.717) is 12.5 Å². The molecule has 2 heterocycles. The maximum Gasteiger partial charge on any atom is 0.237 e. The number of hydrogen-bond donors (Lipinski definition) is 2. The minimum Gasteiger partial charge on any atom is -0.350 e. The van der Waals surface area contributed by atoms with Crippen molar-refractivity contribution >= 4 is 28.8 Å². The molecule has 3 atom stereocenters. The van der Waals surface area contributed by atoms with E-state index in [9.17, 15) is 4.79 Å². The highest BCUT2D eigenvalue weighted by Gasteiger charge is 2.42. The smallest absolute Gasteiger partial charge is 0.237 e. The number of fused-ring (bicyclic) bond motifs is 1. The van der Waals surface area contributed by atoms with Crippen molar-refractivity contribution in [2.75, 3.05) is 6.54 Å². The van der Waals surface area contributed by atoms with Gasteiger partial charge in [-0.3, -0.25) is 4.79 Å². The van der Waals surface area contributed by atoms with Crippen molar-refractivity contribution in [2.24, 2.45) is 11.8 Å². The quantitative estimate of drug-likeness (QED) is 0.895. The van der Waals surface area contributed by atoms with Crippen LogP contribution in [0.5, 0.6) is 0 Å². The first-order valence-corrected chi connectivity index (χ1v) is 7.69. The largest absolute Gasteiger partial charge is 0.350 e. The Morgan fingerprint density at radius 3 is 3.17 bits per heavy atom. The van der Waals surface area contributed by atoms with Crippen molar-refractivity contribution in [3.05, 3.63) is 21.3 Å². The minimum atomic E-state index is 0.0212. The normalized spacial score (nSPS) is 30.4. The van der Waals surface area contributed by atoms with Crippen LogP contribution in [0.1, 0.15) is 24.1 Å². The predicted molar refractivity (Wildman–Crippen MR) is 73.8 cm³/mol. The summed E-state index contributed by atoms with van der Waals surface area (Å²) in [6.45, 7) is 1.60. The molecule has 5 heteroatoms. The van der Waals surface area contributed by atoms with E-state index in [4.69, 9.17) is 11.6 Å². The van der Waals surface area contributed by atoms with Gasteiger partial charge >= 0.3 is 0 Å². The Morgan fingerprint density at radius 2 is 2.39 bits per heavy atom. The lowest BCUT2D eigenvalue weighted by atomic mass is 9.94. The van der Waals surface area contributed by atoms with E-state index >= 15 is 0 Å². The highest BCUT2D eigenvalue weighted by atomic mass is 35.5. The molecule has 0 radical (unpaired) electrons. The number of hydrogen-bond acceptors (Lipinski definition) is 3. The molecule has 2 fully saturated rings. The third-order valence-electron chi connectivity index (χ3n) is 4.09. The number of halogens is 1. The van der Waals surface area contributed by atoms with Gasteiger partial charge in [0.1, 0.15) is 0 Å². The van der Waals surface area contributed by atoms with E-state index in [-0.39, 0.29) is 11.9 Å². The molecule has 1 aromatic rings. The number of nitrogens with one attached hydrogen (secondary N) is 2. The van der Waals surface area contributed by atoms with E-state index in [1.165, 1.54) is 30.6 Å². The van der Waals surface area contributed by atoms with Crippen LogP contribution in [0.3, 0.4) is 0 Å². The predicted octanol–water partition coefficient (Wildman–Crippen LogP) is 2.41. The Morgan fingerprint density at radius 1 is 1.50 bits per heavy atom. The van der Waals surface area contributed by atoms with Gasteiger partial charge < -0.3 is 10.6 Å². The van der Waals surface area contributed by atoms with Crippen LogP contribution in [-0.2, 0) is 11.3 Å². The van der Waals surface area contributed by atoms with Crippen LogP contribution in [0.25, 0.3) is 0 Å².